The Kier molecular flexibility index (Phi) is 4.74. The second-order valence-corrected chi connectivity index (χ2v) is 7.19. The number of fused-ring (bicyclic) bond motifs is 2. The average molecular weight is 356 g/mol. The molecule has 0 bridgehead atoms. The first-order chi connectivity index (χ1) is 12.7. The number of hydrogen-bond donors (Lipinski definition) is 2. The summed E-state index contributed by atoms with van der Waals surface area (Å²) in [4.78, 5) is 1.39. The molecule has 0 radical (unpaired) electrons. The van der Waals surface area contributed by atoms with Crippen LogP contribution < -0.4 is 19.1 Å². The quantitative estimate of drug-likeness (QED) is 0.853. The highest BCUT2D eigenvalue weighted by atomic mass is 16.7. The number of quaternary nitrogens is 1. The monoisotopic (exact) mass is 356 g/mol. The van der Waals surface area contributed by atoms with Gasteiger partial charge in [0, 0.05) is 12.8 Å². The number of ether oxygens (including phenoxy) is 3. The first-order valence-corrected chi connectivity index (χ1v) is 9.21. The summed E-state index contributed by atoms with van der Waals surface area (Å²) in [6.45, 7) is 1.26. The molecule has 0 aromatic heterocycles. The van der Waals surface area contributed by atoms with E-state index in [1.807, 2.05) is 18.2 Å². The molecule has 0 saturated heterocycles. The number of rotatable bonds is 5. The lowest BCUT2D eigenvalue weighted by Crippen LogP contribution is -3.10. The highest BCUT2D eigenvalue weighted by molar-refractivity contribution is 5.61. The van der Waals surface area contributed by atoms with Crippen molar-refractivity contribution in [3.8, 4) is 17.2 Å². The number of aliphatic hydroxyl groups is 1. The van der Waals surface area contributed by atoms with E-state index in [1.54, 1.807) is 7.11 Å². The minimum absolute atomic E-state index is 0.168. The Morgan fingerprint density at radius 3 is 2.85 bits per heavy atom. The molecule has 2 N–H and O–H groups in total. The Hall–Kier alpha value is -2.24. The summed E-state index contributed by atoms with van der Waals surface area (Å²) >= 11 is 0. The van der Waals surface area contributed by atoms with Crippen LogP contribution in [-0.4, -0.2) is 38.7 Å². The van der Waals surface area contributed by atoms with Crippen LogP contribution in [0.25, 0.3) is 0 Å². The Morgan fingerprint density at radius 2 is 2.08 bits per heavy atom. The van der Waals surface area contributed by atoms with Gasteiger partial charge in [-0.2, -0.15) is 0 Å². The summed E-state index contributed by atoms with van der Waals surface area (Å²) in [6, 6.07) is 12.4. The van der Waals surface area contributed by atoms with E-state index in [2.05, 4.69) is 25.2 Å². The molecule has 2 aromatic rings. The maximum Gasteiger partial charge on any atom is 0.231 e. The van der Waals surface area contributed by atoms with Gasteiger partial charge in [0.05, 0.1) is 32.4 Å². The number of aliphatic hydroxyl groups excluding tert-OH is 1. The van der Waals surface area contributed by atoms with Crippen LogP contribution in [0.2, 0.25) is 0 Å². The average Bonchev–Trinajstić information content (AvgIpc) is 3.11. The van der Waals surface area contributed by atoms with Crippen molar-refractivity contribution in [1.29, 1.82) is 0 Å². The summed E-state index contributed by atoms with van der Waals surface area (Å²) in [6.07, 6.45) is 1.91. The minimum Gasteiger partial charge on any atom is -0.492 e. The summed E-state index contributed by atoms with van der Waals surface area (Å²) in [5.74, 6) is 2.23. The summed E-state index contributed by atoms with van der Waals surface area (Å²) in [5.41, 5.74) is 3.56. The topological polar surface area (TPSA) is 52.4 Å². The van der Waals surface area contributed by atoms with Crippen LogP contribution in [0.4, 0.5) is 0 Å². The first-order valence-electron chi connectivity index (χ1n) is 9.21. The van der Waals surface area contributed by atoms with E-state index < -0.39 is 6.10 Å². The lowest BCUT2D eigenvalue weighted by atomic mass is 9.87. The molecule has 4 rings (SSSR count). The maximum absolute atomic E-state index is 10.7. The predicted octanol–water partition coefficient (Wildman–Crippen LogP) is 1.53. The Bertz CT molecular complexity index is 777. The van der Waals surface area contributed by atoms with Crippen molar-refractivity contribution in [3.05, 3.63) is 53.1 Å². The number of hydrogen-bond acceptors (Lipinski definition) is 4. The highest BCUT2D eigenvalue weighted by Gasteiger charge is 2.37. The van der Waals surface area contributed by atoms with E-state index in [-0.39, 0.29) is 12.8 Å². The molecule has 2 aromatic carbocycles. The molecular weight excluding hydrogens is 330 g/mol. The fourth-order valence-electron chi connectivity index (χ4n) is 4.18. The molecule has 0 saturated carbocycles. The standard InChI is InChI=1S/C21H25NO4/c1-22-9-8-15-11-18-20(26-13-25-18)21(24-2)19(15)17(22)12-16(23)10-14-6-4-3-5-7-14/h3-7,11,16-17,23H,8-10,12-13H2,1-2H3/p+1/t16-,17+/m1/s1. The van der Waals surface area contributed by atoms with Crippen molar-refractivity contribution >= 4 is 0 Å². The largest absolute Gasteiger partial charge is 0.492 e. The van der Waals surface area contributed by atoms with Gasteiger partial charge in [-0.1, -0.05) is 30.3 Å². The molecule has 0 spiro atoms. The lowest BCUT2D eigenvalue weighted by molar-refractivity contribution is -0.915. The fourth-order valence-corrected chi connectivity index (χ4v) is 4.18. The molecule has 2 aliphatic rings. The molecule has 5 nitrogen and oxygen atoms in total. The minimum atomic E-state index is -0.404. The summed E-state index contributed by atoms with van der Waals surface area (Å²) < 4.78 is 17.0. The van der Waals surface area contributed by atoms with E-state index in [9.17, 15) is 5.11 Å². The van der Waals surface area contributed by atoms with E-state index >= 15 is 0 Å². The normalized spacial score (nSPS) is 22.0. The molecule has 2 aliphatic heterocycles. The predicted molar refractivity (Wildman–Crippen MR) is 98.1 cm³/mol. The number of methoxy groups -OCH3 is 1. The zero-order chi connectivity index (χ0) is 18.1. The molecular formula is C21H26NO4+. The van der Waals surface area contributed by atoms with E-state index in [0.29, 0.717) is 18.6 Å². The summed E-state index contributed by atoms with van der Waals surface area (Å²) in [5, 5.41) is 10.7. The molecule has 0 fully saturated rings. The zero-order valence-corrected chi connectivity index (χ0v) is 15.3. The van der Waals surface area contributed by atoms with Gasteiger partial charge in [-0.05, 0) is 23.6 Å². The zero-order valence-electron chi connectivity index (χ0n) is 15.3. The van der Waals surface area contributed by atoms with Gasteiger partial charge in [-0.25, -0.2) is 0 Å². The van der Waals surface area contributed by atoms with Crippen molar-refractivity contribution in [2.24, 2.45) is 0 Å². The summed E-state index contributed by atoms with van der Waals surface area (Å²) in [7, 11) is 3.87. The number of likely N-dealkylation sites (N-methyl/N-ethyl adjacent to an activating group) is 1. The van der Waals surface area contributed by atoms with Gasteiger partial charge in [0.25, 0.3) is 0 Å². The molecule has 26 heavy (non-hydrogen) atoms. The Labute approximate surface area is 154 Å². The lowest BCUT2D eigenvalue weighted by Gasteiger charge is -2.34. The van der Waals surface area contributed by atoms with Crippen LogP contribution in [-0.2, 0) is 12.8 Å². The van der Waals surface area contributed by atoms with Crippen molar-refractivity contribution < 1.29 is 24.2 Å². The van der Waals surface area contributed by atoms with Crippen LogP contribution in [0, 0.1) is 0 Å². The van der Waals surface area contributed by atoms with Gasteiger partial charge < -0.3 is 24.2 Å². The van der Waals surface area contributed by atoms with Crippen LogP contribution >= 0.6 is 0 Å². The smallest absolute Gasteiger partial charge is 0.231 e. The van der Waals surface area contributed by atoms with Gasteiger partial charge in [-0.15, -0.1) is 0 Å². The van der Waals surface area contributed by atoms with Crippen LogP contribution in [0.5, 0.6) is 17.2 Å². The van der Waals surface area contributed by atoms with Crippen molar-refractivity contribution in [2.45, 2.75) is 31.4 Å². The van der Waals surface area contributed by atoms with Crippen LogP contribution in [0.15, 0.2) is 36.4 Å². The van der Waals surface area contributed by atoms with Gasteiger partial charge in [0.1, 0.15) is 6.04 Å². The molecule has 5 heteroatoms. The molecule has 3 atom stereocenters. The SMILES string of the molecule is COc1c2c(cc3c1[C@H](C[C@H](O)Cc1ccccc1)[NH+](C)CC3)OCO2. The highest BCUT2D eigenvalue weighted by Crippen LogP contribution is 2.47. The van der Waals surface area contributed by atoms with Crippen LogP contribution in [0.3, 0.4) is 0 Å². The van der Waals surface area contributed by atoms with Gasteiger partial charge in [0.2, 0.25) is 12.5 Å². The third-order valence-electron chi connectivity index (χ3n) is 5.50. The third-order valence-corrected chi connectivity index (χ3v) is 5.50. The van der Waals surface area contributed by atoms with Crippen LogP contribution in [0.1, 0.15) is 29.2 Å². The maximum atomic E-state index is 10.7. The van der Waals surface area contributed by atoms with E-state index in [1.165, 1.54) is 10.5 Å². The molecule has 2 heterocycles. The number of benzene rings is 2. The molecule has 138 valence electrons. The van der Waals surface area contributed by atoms with Crippen molar-refractivity contribution in [3.63, 3.8) is 0 Å². The Morgan fingerprint density at radius 1 is 1.27 bits per heavy atom. The fraction of sp³-hybridized carbons (Fsp3) is 0.429. The third kappa shape index (κ3) is 3.13. The second-order valence-electron chi connectivity index (χ2n) is 7.19. The first kappa shape index (κ1) is 17.2. The Balaban J connectivity index is 1.63. The van der Waals surface area contributed by atoms with Crippen molar-refractivity contribution in [1.82, 2.24) is 0 Å². The molecule has 0 aliphatic carbocycles. The number of nitrogens with one attached hydrogen (secondary N) is 1. The molecule has 0 amide bonds. The van der Waals surface area contributed by atoms with Gasteiger partial charge >= 0.3 is 0 Å². The second kappa shape index (κ2) is 7.17. The van der Waals surface area contributed by atoms with E-state index in [0.717, 1.165) is 35.6 Å². The van der Waals surface area contributed by atoms with Crippen molar-refractivity contribution in [2.75, 3.05) is 27.5 Å². The van der Waals surface area contributed by atoms with E-state index in [4.69, 9.17) is 14.2 Å². The molecule has 1 unspecified atom stereocenters. The van der Waals surface area contributed by atoms with Gasteiger partial charge in [0.15, 0.2) is 11.5 Å². The van der Waals surface area contributed by atoms with Gasteiger partial charge in [-0.3, -0.25) is 0 Å².